The van der Waals surface area contributed by atoms with Crippen molar-refractivity contribution < 1.29 is 19.6 Å². The van der Waals surface area contributed by atoms with E-state index in [0.29, 0.717) is 5.69 Å². The molecule has 0 aliphatic heterocycles. The Bertz CT molecular complexity index is 728. The summed E-state index contributed by atoms with van der Waals surface area (Å²) in [7, 11) is 0. The highest BCUT2D eigenvalue weighted by molar-refractivity contribution is 6.43. The smallest absolute Gasteiger partial charge is 0.314 e. The number of amides is 2. The van der Waals surface area contributed by atoms with Crippen LogP contribution in [0.5, 0.6) is 5.75 Å². The zero-order chi connectivity index (χ0) is 16.1. The SMILES string of the molecule is O=C(Nc1ccc(O)cc1)C(=O)Nc1ccccc1[N+](=O)[O-]. The van der Waals surface area contributed by atoms with Crippen molar-refractivity contribution in [1.82, 2.24) is 0 Å². The number of hydrogen-bond donors (Lipinski definition) is 3. The van der Waals surface area contributed by atoms with E-state index in [4.69, 9.17) is 5.11 Å². The quantitative estimate of drug-likeness (QED) is 0.346. The molecule has 0 unspecified atom stereocenters. The van der Waals surface area contributed by atoms with E-state index < -0.39 is 16.7 Å². The number of anilines is 2. The number of carbonyl (C=O) groups is 2. The van der Waals surface area contributed by atoms with Gasteiger partial charge in [-0.2, -0.15) is 0 Å². The average molecular weight is 301 g/mol. The van der Waals surface area contributed by atoms with Gasteiger partial charge in [-0.3, -0.25) is 19.7 Å². The third-order valence-electron chi connectivity index (χ3n) is 2.68. The third-order valence-corrected chi connectivity index (χ3v) is 2.68. The number of nitrogens with zero attached hydrogens (tertiary/aromatic N) is 1. The summed E-state index contributed by atoms with van der Waals surface area (Å²) in [4.78, 5) is 33.7. The molecule has 0 atom stereocenters. The number of rotatable bonds is 3. The minimum absolute atomic E-state index is 0.0161. The molecule has 8 nitrogen and oxygen atoms in total. The van der Waals surface area contributed by atoms with E-state index in [1.807, 2.05) is 0 Å². The van der Waals surface area contributed by atoms with E-state index in [9.17, 15) is 19.7 Å². The van der Waals surface area contributed by atoms with E-state index in [1.165, 1.54) is 48.5 Å². The second-order valence-corrected chi connectivity index (χ2v) is 4.23. The van der Waals surface area contributed by atoms with Crippen LogP contribution < -0.4 is 10.6 Å². The summed E-state index contributed by atoms with van der Waals surface area (Å²) < 4.78 is 0. The Kier molecular flexibility index (Phi) is 4.33. The van der Waals surface area contributed by atoms with Crippen LogP contribution in [0.1, 0.15) is 0 Å². The number of carbonyl (C=O) groups excluding carboxylic acids is 2. The average Bonchev–Trinajstić information content (AvgIpc) is 2.49. The van der Waals surface area contributed by atoms with E-state index in [1.54, 1.807) is 0 Å². The Morgan fingerprint density at radius 2 is 1.55 bits per heavy atom. The maximum Gasteiger partial charge on any atom is 0.314 e. The lowest BCUT2D eigenvalue weighted by molar-refractivity contribution is -0.383. The molecule has 0 saturated carbocycles. The van der Waals surface area contributed by atoms with Crippen LogP contribution in [-0.4, -0.2) is 21.8 Å². The molecule has 2 amide bonds. The van der Waals surface area contributed by atoms with Crippen molar-refractivity contribution in [3.63, 3.8) is 0 Å². The van der Waals surface area contributed by atoms with Crippen molar-refractivity contribution in [2.24, 2.45) is 0 Å². The lowest BCUT2D eigenvalue weighted by Crippen LogP contribution is -2.29. The van der Waals surface area contributed by atoms with Crippen LogP contribution in [0.4, 0.5) is 17.1 Å². The van der Waals surface area contributed by atoms with Gasteiger partial charge in [-0.15, -0.1) is 0 Å². The van der Waals surface area contributed by atoms with Crippen LogP contribution >= 0.6 is 0 Å². The first-order valence-electron chi connectivity index (χ1n) is 6.12. The second-order valence-electron chi connectivity index (χ2n) is 4.23. The molecule has 0 aliphatic carbocycles. The van der Waals surface area contributed by atoms with Crippen molar-refractivity contribution in [2.75, 3.05) is 10.6 Å². The van der Waals surface area contributed by atoms with E-state index in [-0.39, 0.29) is 17.1 Å². The molecule has 0 bridgehead atoms. The minimum atomic E-state index is -1.04. The maximum atomic E-state index is 11.8. The van der Waals surface area contributed by atoms with Crippen LogP contribution in [-0.2, 0) is 9.59 Å². The van der Waals surface area contributed by atoms with Crippen LogP contribution in [0.25, 0.3) is 0 Å². The van der Waals surface area contributed by atoms with Crippen LogP contribution in [0.3, 0.4) is 0 Å². The standard InChI is InChI=1S/C14H11N3O5/c18-10-7-5-9(6-8-10)15-13(19)14(20)16-11-3-1-2-4-12(11)17(21)22/h1-8,18H,(H,15,19)(H,16,20). The van der Waals surface area contributed by atoms with Crippen molar-refractivity contribution in [3.05, 3.63) is 58.6 Å². The molecule has 0 aliphatic rings. The molecule has 2 aromatic carbocycles. The monoisotopic (exact) mass is 301 g/mol. The molecule has 0 saturated heterocycles. The first-order valence-corrected chi connectivity index (χ1v) is 6.12. The predicted molar refractivity (Wildman–Crippen MR) is 78.5 cm³/mol. The highest BCUT2D eigenvalue weighted by Crippen LogP contribution is 2.23. The summed E-state index contributed by atoms with van der Waals surface area (Å²) in [5, 5.41) is 24.4. The first kappa shape index (κ1) is 15.0. The Morgan fingerprint density at radius 3 is 2.18 bits per heavy atom. The van der Waals surface area contributed by atoms with Crippen LogP contribution in [0.2, 0.25) is 0 Å². The van der Waals surface area contributed by atoms with Gasteiger partial charge in [0.15, 0.2) is 0 Å². The highest BCUT2D eigenvalue weighted by Gasteiger charge is 2.19. The number of para-hydroxylation sites is 2. The van der Waals surface area contributed by atoms with Gasteiger partial charge in [0.1, 0.15) is 11.4 Å². The Labute approximate surface area is 124 Å². The fraction of sp³-hybridized carbons (Fsp3) is 0. The van der Waals surface area contributed by atoms with Gasteiger partial charge in [0.05, 0.1) is 4.92 Å². The molecule has 3 N–H and O–H groups in total. The second kappa shape index (κ2) is 6.35. The molecule has 2 rings (SSSR count). The molecule has 112 valence electrons. The summed E-state index contributed by atoms with van der Waals surface area (Å²) in [5.74, 6) is -2.01. The molecule has 0 aromatic heterocycles. The minimum Gasteiger partial charge on any atom is -0.508 e. The van der Waals surface area contributed by atoms with Crippen molar-refractivity contribution in [1.29, 1.82) is 0 Å². The number of phenols is 1. The van der Waals surface area contributed by atoms with Crippen LogP contribution in [0.15, 0.2) is 48.5 Å². The number of hydrogen-bond acceptors (Lipinski definition) is 5. The fourth-order valence-corrected chi connectivity index (χ4v) is 1.65. The summed E-state index contributed by atoms with van der Waals surface area (Å²) in [6.07, 6.45) is 0. The van der Waals surface area contributed by atoms with Crippen LogP contribution in [0, 0.1) is 10.1 Å². The highest BCUT2D eigenvalue weighted by atomic mass is 16.6. The molecular formula is C14H11N3O5. The Hall–Kier alpha value is -3.42. The zero-order valence-corrected chi connectivity index (χ0v) is 11.1. The normalized spacial score (nSPS) is 9.82. The largest absolute Gasteiger partial charge is 0.508 e. The fourth-order valence-electron chi connectivity index (χ4n) is 1.65. The molecule has 0 fully saturated rings. The summed E-state index contributed by atoms with van der Waals surface area (Å²) in [5.41, 5.74) is -0.0767. The van der Waals surface area contributed by atoms with Gasteiger partial charge in [-0.1, -0.05) is 12.1 Å². The maximum absolute atomic E-state index is 11.8. The molecule has 8 heteroatoms. The molecule has 22 heavy (non-hydrogen) atoms. The Morgan fingerprint density at radius 1 is 0.955 bits per heavy atom. The molecule has 0 radical (unpaired) electrons. The third kappa shape index (κ3) is 3.57. The number of nitrogens with one attached hydrogen (secondary N) is 2. The van der Waals surface area contributed by atoms with Gasteiger partial charge in [-0.25, -0.2) is 0 Å². The number of nitro groups is 1. The van der Waals surface area contributed by atoms with E-state index in [0.717, 1.165) is 0 Å². The van der Waals surface area contributed by atoms with Crippen molar-refractivity contribution in [2.45, 2.75) is 0 Å². The number of nitro benzene ring substituents is 1. The first-order chi connectivity index (χ1) is 10.5. The predicted octanol–water partition coefficient (Wildman–Crippen LogP) is 1.88. The van der Waals surface area contributed by atoms with Crippen molar-refractivity contribution >= 4 is 28.9 Å². The Balaban J connectivity index is 2.07. The van der Waals surface area contributed by atoms with Gasteiger partial charge >= 0.3 is 11.8 Å². The molecule has 0 heterocycles. The zero-order valence-electron chi connectivity index (χ0n) is 11.1. The van der Waals surface area contributed by atoms with E-state index >= 15 is 0 Å². The number of benzene rings is 2. The number of phenolic OH excluding ortho intramolecular Hbond substituents is 1. The molecular weight excluding hydrogens is 290 g/mol. The van der Waals surface area contributed by atoms with Gasteiger partial charge in [0, 0.05) is 11.8 Å². The topological polar surface area (TPSA) is 122 Å². The number of aromatic hydroxyl groups is 1. The van der Waals surface area contributed by atoms with E-state index in [2.05, 4.69) is 10.6 Å². The van der Waals surface area contributed by atoms with Gasteiger partial charge < -0.3 is 15.7 Å². The van der Waals surface area contributed by atoms with Crippen molar-refractivity contribution in [3.8, 4) is 5.75 Å². The summed E-state index contributed by atoms with van der Waals surface area (Å²) in [6.45, 7) is 0. The van der Waals surface area contributed by atoms with Gasteiger partial charge in [0.2, 0.25) is 0 Å². The molecule has 2 aromatic rings. The lowest BCUT2D eigenvalue weighted by atomic mass is 10.2. The van der Waals surface area contributed by atoms with Gasteiger partial charge in [-0.05, 0) is 30.3 Å². The molecule has 0 spiro atoms. The summed E-state index contributed by atoms with van der Waals surface area (Å²) in [6, 6.07) is 11.0. The summed E-state index contributed by atoms with van der Waals surface area (Å²) >= 11 is 0. The lowest BCUT2D eigenvalue weighted by Gasteiger charge is -2.07. The van der Waals surface area contributed by atoms with Gasteiger partial charge in [0.25, 0.3) is 5.69 Å².